The first kappa shape index (κ1) is 11.1. The molecule has 0 aromatic carbocycles. The molecule has 1 atom stereocenters. The third kappa shape index (κ3) is 3.82. The van der Waals surface area contributed by atoms with Gasteiger partial charge in [-0.05, 0) is 6.42 Å². The summed E-state index contributed by atoms with van der Waals surface area (Å²) in [5.41, 5.74) is 0. The monoisotopic (exact) mass is 212 g/mol. The van der Waals surface area contributed by atoms with Crippen LogP contribution in [-0.4, -0.2) is 48.0 Å². The lowest BCUT2D eigenvalue weighted by Gasteiger charge is -2.17. The van der Waals surface area contributed by atoms with Crippen LogP contribution in [0.5, 0.6) is 0 Å². The number of nitrogens with one attached hydrogen (secondary N) is 1. The molecule has 1 heterocycles. The van der Waals surface area contributed by atoms with Crippen molar-refractivity contribution in [2.75, 3.05) is 19.6 Å². The molecule has 0 aliphatic carbocycles. The van der Waals surface area contributed by atoms with E-state index >= 15 is 0 Å². The zero-order chi connectivity index (χ0) is 10.8. The molecule has 0 spiro atoms. The molecule has 0 radical (unpaired) electrons. The summed E-state index contributed by atoms with van der Waals surface area (Å²) in [6.07, 6.45) is -4.97. The van der Waals surface area contributed by atoms with Crippen LogP contribution in [0.25, 0.3) is 0 Å². The smallest absolute Gasteiger partial charge is 0.404 e. The van der Waals surface area contributed by atoms with E-state index < -0.39 is 18.8 Å². The van der Waals surface area contributed by atoms with Crippen LogP contribution in [0, 0.1) is 0 Å². The molecule has 0 bridgehead atoms. The number of alkyl halides is 3. The van der Waals surface area contributed by atoms with Gasteiger partial charge in [-0.15, -0.1) is 0 Å². The number of carbonyl (C=O) groups is 1. The number of nitrogens with zero attached hydrogens (tertiary/aromatic N) is 1. The lowest BCUT2D eigenvalue weighted by atomic mass is 10.3. The standard InChI is InChI=1S/C7H11F3N2O2/c8-7(9,10)4-12-2-1-5(3-12)11-6(13)14/h5,11H,1-4H2,(H,13,14). The van der Waals surface area contributed by atoms with E-state index in [1.54, 1.807) is 0 Å². The van der Waals surface area contributed by atoms with E-state index in [0.717, 1.165) is 0 Å². The molecule has 1 aliphatic rings. The molecule has 14 heavy (non-hydrogen) atoms. The van der Waals surface area contributed by atoms with Crippen LogP contribution in [0.4, 0.5) is 18.0 Å². The second-order valence-corrected chi connectivity index (χ2v) is 3.29. The Kier molecular flexibility index (Phi) is 3.20. The van der Waals surface area contributed by atoms with Crippen LogP contribution >= 0.6 is 0 Å². The summed E-state index contributed by atoms with van der Waals surface area (Å²) in [4.78, 5) is 11.4. The number of hydrogen-bond acceptors (Lipinski definition) is 2. The van der Waals surface area contributed by atoms with Crippen molar-refractivity contribution >= 4 is 6.09 Å². The van der Waals surface area contributed by atoms with Crippen LogP contribution in [-0.2, 0) is 0 Å². The maximum atomic E-state index is 11.9. The topological polar surface area (TPSA) is 52.6 Å². The van der Waals surface area contributed by atoms with Gasteiger partial charge < -0.3 is 10.4 Å². The first-order valence-corrected chi connectivity index (χ1v) is 4.15. The van der Waals surface area contributed by atoms with Crippen molar-refractivity contribution in [3.8, 4) is 0 Å². The quantitative estimate of drug-likeness (QED) is 0.714. The molecular formula is C7H11F3N2O2. The van der Waals surface area contributed by atoms with Crippen LogP contribution in [0.2, 0.25) is 0 Å². The van der Waals surface area contributed by atoms with Gasteiger partial charge in [0, 0.05) is 19.1 Å². The molecular weight excluding hydrogens is 201 g/mol. The Morgan fingerprint density at radius 1 is 1.57 bits per heavy atom. The number of amides is 1. The van der Waals surface area contributed by atoms with Gasteiger partial charge in [-0.2, -0.15) is 13.2 Å². The van der Waals surface area contributed by atoms with E-state index in [1.807, 2.05) is 0 Å². The van der Waals surface area contributed by atoms with E-state index in [9.17, 15) is 18.0 Å². The first-order valence-electron chi connectivity index (χ1n) is 4.15. The minimum Gasteiger partial charge on any atom is -0.465 e. The van der Waals surface area contributed by atoms with Gasteiger partial charge in [0.25, 0.3) is 0 Å². The fraction of sp³-hybridized carbons (Fsp3) is 0.857. The van der Waals surface area contributed by atoms with Crippen molar-refractivity contribution in [2.24, 2.45) is 0 Å². The first-order chi connectivity index (χ1) is 6.37. The fourth-order valence-electron chi connectivity index (χ4n) is 1.52. The average Bonchev–Trinajstić information content (AvgIpc) is 2.30. The summed E-state index contributed by atoms with van der Waals surface area (Å²) in [6, 6.07) is -0.380. The van der Waals surface area contributed by atoms with Crippen molar-refractivity contribution in [1.29, 1.82) is 0 Å². The van der Waals surface area contributed by atoms with Crippen LogP contribution in [0.15, 0.2) is 0 Å². The highest BCUT2D eigenvalue weighted by atomic mass is 19.4. The summed E-state index contributed by atoms with van der Waals surface area (Å²) in [5.74, 6) is 0. The minimum atomic E-state index is -4.21. The van der Waals surface area contributed by atoms with Gasteiger partial charge in [0.1, 0.15) is 0 Å². The minimum absolute atomic E-state index is 0.131. The van der Waals surface area contributed by atoms with E-state index in [0.29, 0.717) is 6.42 Å². The van der Waals surface area contributed by atoms with Crippen LogP contribution in [0.3, 0.4) is 0 Å². The van der Waals surface area contributed by atoms with E-state index in [4.69, 9.17) is 5.11 Å². The summed E-state index contributed by atoms with van der Waals surface area (Å²) in [5, 5.41) is 10.5. The fourth-order valence-corrected chi connectivity index (χ4v) is 1.52. The molecule has 0 aromatic heterocycles. The second-order valence-electron chi connectivity index (χ2n) is 3.29. The lowest BCUT2D eigenvalue weighted by molar-refractivity contribution is -0.143. The molecule has 1 aliphatic heterocycles. The van der Waals surface area contributed by atoms with Crippen molar-refractivity contribution in [2.45, 2.75) is 18.6 Å². The van der Waals surface area contributed by atoms with Gasteiger partial charge >= 0.3 is 12.3 Å². The Hall–Kier alpha value is -0.980. The maximum Gasteiger partial charge on any atom is 0.404 e. The zero-order valence-corrected chi connectivity index (χ0v) is 7.34. The molecule has 0 aromatic rings. The number of hydrogen-bond donors (Lipinski definition) is 2. The van der Waals surface area contributed by atoms with Gasteiger partial charge in [0.05, 0.1) is 6.54 Å². The molecule has 1 saturated heterocycles. The molecule has 2 N–H and O–H groups in total. The summed E-state index contributed by atoms with van der Waals surface area (Å²) in [6.45, 7) is -0.554. The maximum absolute atomic E-state index is 11.9. The summed E-state index contributed by atoms with van der Waals surface area (Å²) in [7, 11) is 0. The van der Waals surface area contributed by atoms with Crippen molar-refractivity contribution in [1.82, 2.24) is 10.2 Å². The largest absolute Gasteiger partial charge is 0.465 e. The van der Waals surface area contributed by atoms with Gasteiger partial charge in [0.2, 0.25) is 0 Å². The van der Waals surface area contributed by atoms with Gasteiger partial charge in [0.15, 0.2) is 0 Å². The molecule has 4 nitrogen and oxygen atoms in total. The Morgan fingerprint density at radius 3 is 2.71 bits per heavy atom. The lowest BCUT2D eigenvalue weighted by Crippen LogP contribution is -2.38. The third-order valence-electron chi connectivity index (χ3n) is 2.00. The molecule has 1 fully saturated rings. The van der Waals surface area contributed by atoms with Gasteiger partial charge in [-0.3, -0.25) is 4.90 Å². The van der Waals surface area contributed by atoms with Gasteiger partial charge in [-0.25, -0.2) is 4.79 Å². The average molecular weight is 212 g/mol. The van der Waals surface area contributed by atoms with Gasteiger partial charge in [-0.1, -0.05) is 0 Å². The normalized spacial score (nSPS) is 23.8. The molecule has 1 rings (SSSR count). The Labute approximate surface area is 78.7 Å². The van der Waals surface area contributed by atoms with E-state index in [1.165, 1.54) is 4.90 Å². The summed E-state index contributed by atoms with van der Waals surface area (Å²) >= 11 is 0. The molecule has 7 heteroatoms. The highest BCUT2D eigenvalue weighted by Crippen LogP contribution is 2.19. The zero-order valence-electron chi connectivity index (χ0n) is 7.34. The van der Waals surface area contributed by atoms with Crippen molar-refractivity contribution in [3.63, 3.8) is 0 Å². The molecule has 1 unspecified atom stereocenters. The third-order valence-corrected chi connectivity index (χ3v) is 2.00. The highest BCUT2D eigenvalue weighted by molar-refractivity contribution is 5.64. The number of carboxylic acid groups (broad SMARTS) is 1. The summed E-state index contributed by atoms with van der Waals surface area (Å²) < 4.78 is 35.8. The Bertz CT molecular complexity index is 219. The number of halogens is 3. The molecule has 82 valence electrons. The Balaban J connectivity index is 2.31. The molecule has 1 amide bonds. The van der Waals surface area contributed by atoms with Crippen LogP contribution < -0.4 is 5.32 Å². The Morgan fingerprint density at radius 2 is 2.21 bits per heavy atom. The van der Waals surface area contributed by atoms with Crippen molar-refractivity contribution in [3.05, 3.63) is 0 Å². The number of likely N-dealkylation sites (tertiary alicyclic amines) is 1. The predicted molar refractivity (Wildman–Crippen MR) is 42.1 cm³/mol. The van der Waals surface area contributed by atoms with E-state index in [-0.39, 0.29) is 19.1 Å². The SMILES string of the molecule is O=C(O)NC1CCN(CC(F)(F)F)C1. The second kappa shape index (κ2) is 4.04. The predicted octanol–water partition coefficient (Wildman–Crippen LogP) is 0.891. The molecule has 0 saturated carbocycles. The highest BCUT2D eigenvalue weighted by Gasteiger charge is 2.34. The van der Waals surface area contributed by atoms with Crippen molar-refractivity contribution < 1.29 is 23.1 Å². The van der Waals surface area contributed by atoms with E-state index in [2.05, 4.69) is 5.32 Å². The van der Waals surface area contributed by atoms with Crippen LogP contribution in [0.1, 0.15) is 6.42 Å². The number of rotatable bonds is 2.